The molecule has 0 bridgehead atoms. The molecule has 2 nitrogen and oxygen atoms in total. The molecule has 0 amide bonds. The molecule has 3 aromatic rings. The first kappa shape index (κ1) is 11.1. The molecule has 3 heteroatoms. The maximum atomic E-state index is 4.07. The summed E-state index contributed by atoms with van der Waals surface area (Å²) in [6, 6.07) is 18.8. The highest BCUT2D eigenvalue weighted by molar-refractivity contribution is 7.99. The van der Waals surface area contributed by atoms with E-state index < -0.39 is 0 Å². The van der Waals surface area contributed by atoms with Crippen LogP contribution >= 0.6 is 11.8 Å². The van der Waals surface area contributed by atoms with Gasteiger partial charge in [-0.25, -0.2) is 4.98 Å². The van der Waals surface area contributed by atoms with E-state index in [0.29, 0.717) is 0 Å². The van der Waals surface area contributed by atoms with Gasteiger partial charge in [-0.1, -0.05) is 36.0 Å². The first-order valence-electron chi connectivity index (χ1n) is 5.73. The van der Waals surface area contributed by atoms with Crippen LogP contribution in [0.5, 0.6) is 0 Å². The minimum absolute atomic E-state index is 1.13. The van der Waals surface area contributed by atoms with Crippen molar-refractivity contribution in [2.75, 3.05) is 0 Å². The molecule has 0 unspecified atom stereocenters. The third-order valence-corrected chi connectivity index (χ3v) is 3.60. The van der Waals surface area contributed by atoms with Gasteiger partial charge >= 0.3 is 0 Å². The molecule has 2 aromatic carbocycles. The minimum Gasteiger partial charge on any atom is -0.306 e. The van der Waals surface area contributed by atoms with E-state index in [1.54, 1.807) is 18.0 Å². The van der Waals surface area contributed by atoms with Crippen LogP contribution in [0.25, 0.3) is 5.69 Å². The van der Waals surface area contributed by atoms with Crippen LogP contribution in [0.2, 0.25) is 0 Å². The molecule has 0 N–H and O–H groups in total. The molecule has 0 aliphatic heterocycles. The van der Waals surface area contributed by atoms with Crippen molar-refractivity contribution in [3.63, 3.8) is 0 Å². The number of imidazole rings is 1. The Balaban J connectivity index is 1.88. The topological polar surface area (TPSA) is 17.8 Å². The lowest BCUT2D eigenvalue weighted by Crippen LogP contribution is -1.89. The number of hydrogen-bond acceptors (Lipinski definition) is 2. The summed E-state index contributed by atoms with van der Waals surface area (Å²) in [6.45, 7) is 0. The SMILES string of the molecule is c1ccc(Sc2cccc(-n3ccnc3)c2)cc1. The molecule has 0 aliphatic carbocycles. The van der Waals surface area contributed by atoms with Crippen LogP contribution in [0.1, 0.15) is 0 Å². The van der Waals surface area contributed by atoms with Crippen LogP contribution in [-0.4, -0.2) is 9.55 Å². The van der Waals surface area contributed by atoms with E-state index in [1.807, 2.05) is 23.2 Å². The maximum absolute atomic E-state index is 4.07. The molecule has 0 radical (unpaired) electrons. The van der Waals surface area contributed by atoms with Gasteiger partial charge < -0.3 is 4.57 Å². The summed E-state index contributed by atoms with van der Waals surface area (Å²) in [7, 11) is 0. The van der Waals surface area contributed by atoms with Crippen LogP contribution < -0.4 is 0 Å². The Morgan fingerprint density at radius 2 is 1.72 bits per heavy atom. The Morgan fingerprint density at radius 1 is 0.889 bits per heavy atom. The smallest absolute Gasteiger partial charge is 0.0991 e. The summed E-state index contributed by atoms with van der Waals surface area (Å²) in [5, 5.41) is 0. The zero-order valence-corrected chi connectivity index (χ0v) is 10.5. The van der Waals surface area contributed by atoms with E-state index in [4.69, 9.17) is 0 Å². The summed E-state index contributed by atoms with van der Waals surface area (Å²) in [5.74, 6) is 0. The Bertz CT molecular complexity index is 618. The molecular formula is C15H12N2S. The minimum atomic E-state index is 1.13. The summed E-state index contributed by atoms with van der Waals surface area (Å²) in [5.41, 5.74) is 1.13. The van der Waals surface area contributed by atoms with Crippen molar-refractivity contribution in [3.8, 4) is 5.69 Å². The Morgan fingerprint density at radius 3 is 2.50 bits per heavy atom. The van der Waals surface area contributed by atoms with Crippen molar-refractivity contribution in [1.29, 1.82) is 0 Å². The number of benzene rings is 2. The fraction of sp³-hybridized carbons (Fsp3) is 0. The van der Waals surface area contributed by atoms with Crippen LogP contribution in [-0.2, 0) is 0 Å². The lowest BCUT2D eigenvalue weighted by molar-refractivity contribution is 1.05. The van der Waals surface area contributed by atoms with Crippen molar-refractivity contribution in [1.82, 2.24) is 9.55 Å². The van der Waals surface area contributed by atoms with Crippen molar-refractivity contribution in [2.45, 2.75) is 9.79 Å². The molecule has 18 heavy (non-hydrogen) atoms. The first-order valence-corrected chi connectivity index (χ1v) is 6.55. The number of nitrogens with zero attached hydrogens (tertiary/aromatic N) is 2. The van der Waals surface area contributed by atoms with Crippen LogP contribution in [0.4, 0.5) is 0 Å². The van der Waals surface area contributed by atoms with E-state index in [1.165, 1.54) is 9.79 Å². The quantitative estimate of drug-likeness (QED) is 0.700. The second kappa shape index (κ2) is 5.10. The van der Waals surface area contributed by atoms with Gasteiger partial charge in [-0.05, 0) is 30.3 Å². The van der Waals surface area contributed by atoms with Gasteiger partial charge in [0, 0.05) is 27.9 Å². The van der Waals surface area contributed by atoms with Crippen molar-refractivity contribution in [3.05, 3.63) is 73.3 Å². The molecule has 0 saturated carbocycles. The first-order chi connectivity index (χ1) is 8.92. The molecule has 0 atom stereocenters. The van der Waals surface area contributed by atoms with Gasteiger partial charge in [0.15, 0.2) is 0 Å². The van der Waals surface area contributed by atoms with E-state index in [9.17, 15) is 0 Å². The third-order valence-electron chi connectivity index (χ3n) is 2.60. The fourth-order valence-corrected chi connectivity index (χ4v) is 2.64. The zero-order valence-electron chi connectivity index (χ0n) is 9.73. The van der Waals surface area contributed by atoms with Gasteiger partial charge in [0.2, 0.25) is 0 Å². The maximum Gasteiger partial charge on any atom is 0.0991 e. The highest BCUT2D eigenvalue weighted by Gasteiger charge is 1.99. The second-order valence-electron chi connectivity index (χ2n) is 3.88. The van der Waals surface area contributed by atoms with Gasteiger partial charge in [0.25, 0.3) is 0 Å². The molecule has 0 saturated heterocycles. The number of rotatable bonds is 3. The van der Waals surface area contributed by atoms with Gasteiger partial charge in [-0.2, -0.15) is 0 Å². The van der Waals surface area contributed by atoms with Gasteiger partial charge in [-0.3, -0.25) is 0 Å². The summed E-state index contributed by atoms with van der Waals surface area (Å²) < 4.78 is 2.01. The number of aromatic nitrogens is 2. The zero-order chi connectivity index (χ0) is 12.2. The van der Waals surface area contributed by atoms with E-state index in [0.717, 1.165) is 5.69 Å². The number of hydrogen-bond donors (Lipinski definition) is 0. The van der Waals surface area contributed by atoms with Crippen LogP contribution in [0, 0.1) is 0 Å². The van der Waals surface area contributed by atoms with Crippen LogP contribution in [0.15, 0.2) is 83.1 Å². The molecule has 0 spiro atoms. The van der Waals surface area contributed by atoms with Crippen molar-refractivity contribution < 1.29 is 0 Å². The normalized spacial score (nSPS) is 10.4. The molecule has 0 aliphatic rings. The monoisotopic (exact) mass is 252 g/mol. The average Bonchev–Trinajstić information content (AvgIpc) is 2.94. The Hall–Kier alpha value is -2.00. The Kier molecular flexibility index (Phi) is 3.15. The molecular weight excluding hydrogens is 240 g/mol. The largest absolute Gasteiger partial charge is 0.306 e. The Labute approximate surface area is 110 Å². The standard InChI is InChI=1S/C15H12N2S/c1-2-6-14(7-3-1)18-15-8-4-5-13(11-15)17-10-9-16-12-17/h1-12H. The van der Waals surface area contributed by atoms with Crippen molar-refractivity contribution >= 4 is 11.8 Å². The summed E-state index contributed by atoms with van der Waals surface area (Å²) in [6.07, 6.45) is 5.55. The third kappa shape index (κ3) is 2.46. The fourth-order valence-electron chi connectivity index (χ4n) is 1.74. The second-order valence-corrected chi connectivity index (χ2v) is 5.03. The summed E-state index contributed by atoms with van der Waals surface area (Å²) in [4.78, 5) is 6.55. The van der Waals surface area contributed by atoms with Gasteiger partial charge in [0.1, 0.15) is 0 Å². The van der Waals surface area contributed by atoms with E-state index in [2.05, 4.69) is 53.5 Å². The molecule has 1 aromatic heterocycles. The molecule has 3 rings (SSSR count). The highest BCUT2D eigenvalue weighted by Crippen LogP contribution is 2.28. The molecule has 88 valence electrons. The highest BCUT2D eigenvalue weighted by atomic mass is 32.2. The average molecular weight is 252 g/mol. The lowest BCUT2D eigenvalue weighted by Gasteiger charge is -2.05. The van der Waals surface area contributed by atoms with E-state index in [-0.39, 0.29) is 0 Å². The van der Waals surface area contributed by atoms with Crippen molar-refractivity contribution in [2.24, 2.45) is 0 Å². The molecule has 1 heterocycles. The van der Waals surface area contributed by atoms with Crippen LogP contribution in [0.3, 0.4) is 0 Å². The van der Waals surface area contributed by atoms with Gasteiger partial charge in [0.05, 0.1) is 6.33 Å². The predicted molar refractivity (Wildman–Crippen MR) is 74.1 cm³/mol. The summed E-state index contributed by atoms with van der Waals surface area (Å²) >= 11 is 1.77. The van der Waals surface area contributed by atoms with E-state index >= 15 is 0 Å². The van der Waals surface area contributed by atoms with Gasteiger partial charge in [-0.15, -0.1) is 0 Å². The lowest BCUT2D eigenvalue weighted by atomic mass is 10.3. The predicted octanol–water partition coefficient (Wildman–Crippen LogP) is 4.02. The molecule has 0 fully saturated rings.